The second-order valence-electron chi connectivity index (χ2n) is 4.76. The first-order chi connectivity index (χ1) is 10.0. The van der Waals surface area contributed by atoms with Crippen LogP contribution in [0.3, 0.4) is 0 Å². The van der Waals surface area contributed by atoms with Crippen LogP contribution in [0, 0.1) is 11.3 Å². The van der Waals surface area contributed by atoms with Gasteiger partial charge in [0.05, 0.1) is 16.8 Å². The maximum atomic E-state index is 10.1. The molecule has 2 aromatic heterocycles. The molecule has 110 valence electrons. The minimum absolute atomic E-state index is 0.304. The van der Waals surface area contributed by atoms with E-state index in [1.807, 2.05) is 0 Å². The maximum Gasteiger partial charge on any atom is 0.206 e. The van der Waals surface area contributed by atoms with Gasteiger partial charge < -0.3 is 25.8 Å². The normalized spacial score (nSPS) is 32.4. The van der Waals surface area contributed by atoms with Crippen molar-refractivity contribution >= 4 is 27.4 Å². The summed E-state index contributed by atoms with van der Waals surface area (Å²) in [7, 11) is 0. The van der Waals surface area contributed by atoms with Crippen molar-refractivity contribution in [2.24, 2.45) is 0 Å². The Morgan fingerprint density at radius 3 is 2.86 bits per heavy atom. The molecule has 0 radical (unpaired) electrons. The fourth-order valence-corrected chi connectivity index (χ4v) is 3.35. The molecule has 8 nitrogen and oxygen atoms in total. The fourth-order valence-electron chi connectivity index (χ4n) is 2.40. The average molecular weight is 308 g/mol. The predicted octanol–water partition coefficient (Wildman–Crippen LogP) is -0.679. The van der Waals surface area contributed by atoms with E-state index in [9.17, 15) is 15.3 Å². The Bertz CT molecular complexity index is 730. The van der Waals surface area contributed by atoms with Crippen molar-refractivity contribution in [2.45, 2.75) is 23.9 Å². The minimum atomic E-state index is -1.85. The molecule has 4 atom stereocenters. The van der Waals surface area contributed by atoms with E-state index >= 15 is 0 Å². The zero-order valence-electron chi connectivity index (χ0n) is 10.7. The SMILES string of the molecule is N#C[C@]1(CO)O[C@@H](c2csc3c(N)ncnc23)[C@H](O)[C@@H]1O. The molecule has 0 bridgehead atoms. The molecule has 5 N–H and O–H groups in total. The summed E-state index contributed by atoms with van der Waals surface area (Å²) in [6.07, 6.45) is -2.57. The second-order valence-corrected chi connectivity index (χ2v) is 5.64. The van der Waals surface area contributed by atoms with Gasteiger partial charge >= 0.3 is 0 Å². The van der Waals surface area contributed by atoms with Gasteiger partial charge in [-0.05, 0) is 5.38 Å². The predicted molar refractivity (Wildman–Crippen MR) is 73.1 cm³/mol. The van der Waals surface area contributed by atoms with Gasteiger partial charge in [0, 0.05) is 5.56 Å². The standard InChI is InChI=1S/C12H12N4O4S/c13-2-12(3-17)10(19)7(18)8(20-12)5-1-21-9-6(5)15-4-16-11(9)14/h1,4,7-8,10,17-19H,3H2,(H2,14,15,16)/t7-,8-,10-,12+/m0/s1. The third-order valence-corrected chi connectivity index (χ3v) is 4.60. The smallest absolute Gasteiger partial charge is 0.206 e. The summed E-state index contributed by atoms with van der Waals surface area (Å²) in [4.78, 5) is 7.98. The molecule has 0 aliphatic carbocycles. The lowest BCUT2D eigenvalue weighted by atomic mass is 9.95. The van der Waals surface area contributed by atoms with Gasteiger partial charge in [-0.1, -0.05) is 0 Å². The van der Waals surface area contributed by atoms with Crippen molar-refractivity contribution in [1.82, 2.24) is 9.97 Å². The fraction of sp³-hybridized carbons (Fsp3) is 0.417. The van der Waals surface area contributed by atoms with Crippen LogP contribution in [0.1, 0.15) is 11.7 Å². The molecule has 1 saturated heterocycles. The molecule has 0 amide bonds. The third kappa shape index (κ3) is 1.89. The number of aliphatic hydroxyl groups is 3. The van der Waals surface area contributed by atoms with E-state index in [0.29, 0.717) is 21.6 Å². The molecule has 3 heterocycles. The summed E-state index contributed by atoms with van der Waals surface area (Å²) in [5, 5.41) is 40.3. The van der Waals surface area contributed by atoms with Gasteiger partial charge in [0.15, 0.2) is 0 Å². The highest BCUT2D eigenvalue weighted by Gasteiger charge is 2.55. The summed E-state index contributed by atoms with van der Waals surface area (Å²) < 4.78 is 6.09. The van der Waals surface area contributed by atoms with Crippen molar-refractivity contribution in [3.63, 3.8) is 0 Å². The van der Waals surface area contributed by atoms with E-state index in [4.69, 9.17) is 15.7 Å². The van der Waals surface area contributed by atoms with Gasteiger partial charge in [-0.15, -0.1) is 11.3 Å². The van der Waals surface area contributed by atoms with Gasteiger partial charge in [0.2, 0.25) is 5.60 Å². The average Bonchev–Trinajstić information content (AvgIpc) is 3.02. The minimum Gasteiger partial charge on any atom is -0.392 e. The number of nitrogen functional groups attached to an aromatic ring is 1. The number of aromatic nitrogens is 2. The van der Waals surface area contributed by atoms with Crippen LogP contribution in [0.15, 0.2) is 11.7 Å². The number of thiophene rings is 1. The van der Waals surface area contributed by atoms with Gasteiger partial charge in [-0.25, -0.2) is 9.97 Å². The molecule has 1 fully saturated rings. The van der Waals surface area contributed by atoms with Crippen LogP contribution >= 0.6 is 11.3 Å². The lowest BCUT2D eigenvalue weighted by molar-refractivity contribution is -0.0732. The van der Waals surface area contributed by atoms with Crippen molar-refractivity contribution in [3.8, 4) is 6.07 Å². The topological polar surface area (TPSA) is 146 Å². The Morgan fingerprint density at radius 2 is 2.24 bits per heavy atom. The number of anilines is 1. The van der Waals surface area contributed by atoms with Gasteiger partial charge in [-0.3, -0.25) is 0 Å². The molecule has 0 unspecified atom stereocenters. The Hall–Kier alpha value is -1.83. The largest absolute Gasteiger partial charge is 0.392 e. The molecule has 0 aromatic carbocycles. The third-order valence-electron chi connectivity index (χ3n) is 3.59. The highest BCUT2D eigenvalue weighted by Crippen LogP contribution is 2.43. The molecule has 1 aliphatic rings. The van der Waals surface area contributed by atoms with Gasteiger partial charge in [0.1, 0.15) is 36.5 Å². The Balaban J connectivity index is 2.08. The summed E-state index contributed by atoms with van der Waals surface area (Å²) in [5.41, 5.74) is 4.90. The quantitative estimate of drug-likeness (QED) is 0.571. The first kappa shape index (κ1) is 14.1. The van der Waals surface area contributed by atoms with Crippen LogP contribution in [-0.4, -0.2) is 49.7 Å². The number of aliphatic hydroxyl groups excluding tert-OH is 3. The first-order valence-electron chi connectivity index (χ1n) is 6.07. The zero-order chi connectivity index (χ0) is 15.2. The van der Waals surface area contributed by atoms with E-state index in [1.54, 1.807) is 11.4 Å². The molecular weight excluding hydrogens is 296 g/mol. The summed E-state index contributed by atoms with van der Waals surface area (Å²) >= 11 is 1.28. The molecule has 0 spiro atoms. The molecular formula is C12H12N4O4S. The van der Waals surface area contributed by atoms with Crippen molar-refractivity contribution < 1.29 is 20.1 Å². The Labute approximate surface area is 123 Å². The number of hydrogen-bond acceptors (Lipinski definition) is 9. The highest BCUT2D eigenvalue weighted by atomic mass is 32.1. The van der Waals surface area contributed by atoms with Crippen molar-refractivity contribution in [1.29, 1.82) is 5.26 Å². The highest BCUT2D eigenvalue weighted by molar-refractivity contribution is 7.17. The maximum absolute atomic E-state index is 10.1. The van der Waals surface area contributed by atoms with Crippen LogP contribution in [0.4, 0.5) is 5.82 Å². The van der Waals surface area contributed by atoms with Crippen LogP contribution in [-0.2, 0) is 4.74 Å². The van der Waals surface area contributed by atoms with Crippen molar-refractivity contribution in [3.05, 3.63) is 17.3 Å². The van der Waals surface area contributed by atoms with E-state index in [2.05, 4.69) is 9.97 Å². The number of ether oxygens (including phenoxy) is 1. The monoisotopic (exact) mass is 308 g/mol. The Morgan fingerprint density at radius 1 is 1.48 bits per heavy atom. The number of hydrogen-bond donors (Lipinski definition) is 4. The van der Waals surface area contributed by atoms with E-state index in [0.717, 1.165) is 0 Å². The molecule has 9 heteroatoms. The van der Waals surface area contributed by atoms with E-state index in [-0.39, 0.29) is 0 Å². The van der Waals surface area contributed by atoms with Crippen LogP contribution < -0.4 is 5.73 Å². The van der Waals surface area contributed by atoms with Gasteiger partial charge in [-0.2, -0.15) is 5.26 Å². The lowest BCUT2D eigenvalue weighted by Crippen LogP contribution is -2.44. The van der Waals surface area contributed by atoms with Crippen LogP contribution in [0.5, 0.6) is 0 Å². The summed E-state index contributed by atoms with van der Waals surface area (Å²) in [6.45, 7) is -0.725. The summed E-state index contributed by atoms with van der Waals surface area (Å²) in [5.74, 6) is 0.304. The Kier molecular flexibility index (Phi) is 3.27. The number of nitriles is 1. The second kappa shape index (κ2) is 4.87. The van der Waals surface area contributed by atoms with Gasteiger partial charge in [0.25, 0.3) is 0 Å². The molecule has 2 aromatic rings. The number of fused-ring (bicyclic) bond motifs is 1. The molecule has 3 rings (SSSR count). The zero-order valence-corrected chi connectivity index (χ0v) is 11.5. The molecule has 1 aliphatic heterocycles. The van der Waals surface area contributed by atoms with Crippen LogP contribution in [0.25, 0.3) is 10.2 Å². The number of nitrogens with two attached hydrogens (primary N) is 1. The molecule has 21 heavy (non-hydrogen) atoms. The first-order valence-corrected chi connectivity index (χ1v) is 6.95. The number of nitrogens with zero attached hydrogens (tertiary/aromatic N) is 3. The van der Waals surface area contributed by atoms with Crippen LogP contribution in [0.2, 0.25) is 0 Å². The number of rotatable bonds is 2. The van der Waals surface area contributed by atoms with Crippen molar-refractivity contribution in [2.75, 3.05) is 12.3 Å². The summed E-state index contributed by atoms with van der Waals surface area (Å²) in [6, 6.07) is 1.72. The van der Waals surface area contributed by atoms with E-state index in [1.165, 1.54) is 17.7 Å². The molecule has 0 saturated carbocycles. The lowest BCUT2D eigenvalue weighted by Gasteiger charge is -2.21. The van der Waals surface area contributed by atoms with E-state index < -0.39 is 30.5 Å².